The summed E-state index contributed by atoms with van der Waals surface area (Å²) in [6.45, 7) is 5.25. The Balaban J connectivity index is 2.36. The van der Waals surface area contributed by atoms with Crippen LogP contribution in [0.3, 0.4) is 0 Å². The lowest BCUT2D eigenvalue weighted by atomic mass is 10.1. The van der Waals surface area contributed by atoms with Gasteiger partial charge in [0.05, 0.1) is 23.4 Å². The van der Waals surface area contributed by atoms with Crippen molar-refractivity contribution in [1.29, 1.82) is 0 Å². The summed E-state index contributed by atoms with van der Waals surface area (Å²) < 4.78 is 5.26. The smallest absolute Gasteiger partial charge is 0.259 e. The SMILES string of the molecule is COc1cc(NC(C)=O)c(Cl)cc1C(=O)Nc1cc(C)ccc1C. The van der Waals surface area contributed by atoms with Crippen molar-refractivity contribution in [3.63, 3.8) is 0 Å². The highest BCUT2D eigenvalue weighted by Gasteiger charge is 2.17. The number of rotatable bonds is 4. The highest BCUT2D eigenvalue weighted by molar-refractivity contribution is 6.34. The lowest BCUT2D eigenvalue weighted by molar-refractivity contribution is -0.114. The van der Waals surface area contributed by atoms with Crippen molar-refractivity contribution in [3.05, 3.63) is 52.0 Å². The van der Waals surface area contributed by atoms with E-state index in [-0.39, 0.29) is 22.4 Å². The molecule has 5 nitrogen and oxygen atoms in total. The van der Waals surface area contributed by atoms with Crippen LogP contribution in [0.1, 0.15) is 28.4 Å². The van der Waals surface area contributed by atoms with Gasteiger partial charge in [-0.15, -0.1) is 0 Å². The molecule has 2 aromatic carbocycles. The number of ether oxygens (including phenoxy) is 1. The maximum Gasteiger partial charge on any atom is 0.259 e. The molecule has 0 fully saturated rings. The molecule has 0 unspecified atom stereocenters. The van der Waals surface area contributed by atoms with Crippen molar-refractivity contribution in [2.75, 3.05) is 17.7 Å². The second kappa shape index (κ2) is 7.36. The van der Waals surface area contributed by atoms with Gasteiger partial charge < -0.3 is 15.4 Å². The minimum Gasteiger partial charge on any atom is -0.496 e. The number of anilines is 2. The number of hydrogen-bond donors (Lipinski definition) is 2. The van der Waals surface area contributed by atoms with Gasteiger partial charge in [0.2, 0.25) is 5.91 Å². The molecule has 0 aromatic heterocycles. The van der Waals surface area contributed by atoms with E-state index in [4.69, 9.17) is 16.3 Å². The van der Waals surface area contributed by atoms with Crippen LogP contribution in [-0.2, 0) is 4.79 Å². The number of carbonyl (C=O) groups is 2. The molecule has 6 heteroatoms. The van der Waals surface area contributed by atoms with Crippen molar-refractivity contribution in [1.82, 2.24) is 0 Å². The fourth-order valence-corrected chi connectivity index (χ4v) is 2.46. The van der Waals surface area contributed by atoms with Crippen LogP contribution in [-0.4, -0.2) is 18.9 Å². The largest absolute Gasteiger partial charge is 0.496 e. The summed E-state index contributed by atoms with van der Waals surface area (Å²) in [6.07, 6.45) is 0. The summed E-state index contributed by atoms with van der Waals surface area (Å²) in [5, 5.41) is 5.72. The summed E-state index contributed by atoms with van der Waals surface area (Å²) >= 11 is 6.16. The number of amides is 2. The van der Waals surface area contributed by atoms with Crippen LogP contribution in [0.4, 0.5) is 11.4 Å². The molecule has 0 aliphatic carbocycles. The Kier molecular flexibility index (Phi) is 5.46. The van der Waals surface area contributed by atoms with Gasteiger partial charge in [-0.25, -0.2) is 0 Å². The van der Waals surface area contributed by atoms with E-state index in [0.29, 0.717) is 11.4 Å². The number of halogens is 1. The molecule has 0 saturated heterocycles. The van der Waals surface area contributed by atoms with Gasteiger partial charge in [-0.2, -0.15) is 0 Å². The predicted octanol–water partition coefficient (Wildman–Crippen LogP) is 4.18. The average Bonchev–Trinajstić information content (AvgIpc) is 2.52. The molecule has 0 atom stereocenters. The third-order valence-corrected chi connectivity index (χ3v) is 3.80. The van der Waals surface area contributed by atoms with E-state index in [1.165, 1.54) is 26.2 Å². The van der Waals surface area contributed by atoms with Crippen LogP contribution in [0, 0.1) is 13.8 Å². The molecule has 2 rings (SSSR count). The predicted molar refractivity (Wildman–Crippen MR) is 96.2 cm³/mol. The second-order valence-electron chi connectivity index (χ2n) is 5.49. The molecule has 0 spiro atoms. The molecule has 0 radical (unpaired) electrons. The lowest BCUT2D eigenvalue weighted by Gasteiger charge is -2.14. The van der Waals surface area contributed by atoms with Crippen molar-refractivity contribution in [2.24, 2.45) is 0 Å². The Bertz CT molecular complexity index is 803. The van der Waals surface area contributed by atoms with E-state index in [1.807, 2.05) is 32.0 Å². The molecule has 24 heavy (non-hydrogen) atoms. The molecular weight excluding hydrogens is 328 g/mol. The maximum absolute atomic E-state index is 12.6. The van der Waals surface area contributed by atoms with E-state index in [0.717, 1.165) is 16.8 Å². The Morgan fingerprint density at radius 2 is 1.75 bits per heavy atom. The minimum atomic E-state index is -0.336. The third kappa shape index (κ3) is 4.06. The van der Waals surface area contributed by atoms with Crippen molar-refractivity contribution >= 4 is 34.8 Å². The fourth-order valence-electron chi connectivity index (χ4n) is 2.25. The first-order valence-corrected chi connectivity index (χ1v) is 7.73. The number of carbonyl (C=O) groups excluding carboxylic acids is 2. The van der Waals surface area contributed by atoms with Gasteiger partial charge in [0.1, 0.15) is 5.75 Å². The van der Waals surface area contributed by atoms with Crippen molar-refractivity contribution in [2.45, 2.75) is 20.8 Å². The number of nitrogens with one attached hydrogen (secondary N) is 2. The molecule has 0 heterocycles. The van der Waals surface area contributed by atoms with Crippen LogP contribution in [0.2, 0.25) is 5.02 Å². The Morgan fingerprint density at radius 1 is 1.04 bits per heavy atom. The zero-order valence-electron chi connectivity index (χ0n) is 14.0. The summed E-state index contributed by atoms with van der Waals surface area (Å²) in [5.41, 5.74) is 3.40. The summed E-state index contributed by atoms with van der Waals surface area (Å²) in [6, 6.07) is 8.82. The lowest BCUT2D eigenvalue weighted by Crippen LogP contribution is -2.15. The highest BCUT2D eigenvalue weighted by Crippen LogP contribution is 2.31. The van der Waals surface area contributed by atoms with E-state index in [2.05, 4.69) is 10.6 Å². The van der Waals surface area contributed by atoms with Crippen LogP contribution >= 0.6 is 11.6 Å². The summed E-state index contributed by atoms with van der Waals surface area (Å²) in [7, 11) is 1.45. The monoisotopic (exact) mass is 346 g/mol. The van der Waals surface area contributed by atoms with Gasteiger partial charge >= 0.3 is 0 Å². The topological polar surface area (TPSA) is 67.4 Å². The molecule has 2 N–H and O–H groups in total. The molecule has 2 amide bonds. The van der Waals surface area contributed by atoms with Crippen LogP contribution in [0.5, 0.6) is 5.75 Å². The van der Waals surface area contributed by atoms with Crippen molar-refractivity contribution < 1.29 is 14.3 Å². The highest BCUT2D eigenvalue weighted by atomic mass is 35.5. The van der Waals surface area contributed by atoms with E-state index >= 15 is 0 Å². The van der Waals surface area contributed by atoms with Crippen LogP contribution in [0.15, 0.2) is 30.3 Å². The first-order valence-electron chi connectivity index (χ1n) is 7.35. The first kappa shape index (κ1) is 17.8. The number of hydrogen-bond acceptors (Lipinski definition) is 3. The standard InChI is InChI=1S/C18H19ClN2O3/c1-10-5-6-11(2)15(7-10)21-18(23)13-8-14(19)16(20-12(3)22)9-17(13)24-4/h5-9H,1-4H3,(H,20,22)(H,21,23). The van der Waals surface area contributed by atoms with Gasteiger partial charge in [-0.1, -0.05) is 23.7 Å². The average molecular weight is 347 g/mol. The Morgan fingerprint density at radius 3 is 2.38 bits per heavy atom. The Labute approximate surface area is 146 Å². The van der Waals surface area contributed by atoms with Crippen molar-refractivity contribution in [3.8, 4) is 5.75 Å². The zero-order valence-corrected chi connectivity index (χ0v) is 14.7. The van der Waals surface area contributed by atoms with Crippen LogP contribution < -0.4 is 15.4 Å². The number of benzene rings is 2. The van der Waals surface area contributed by atoms with Gasteiger partial charge in [-0.05, 0) is 37.1 Å². The van der Waals surface area contributed by atoms with E-state index < -0.39 is 0 Å². The normalized spacial score (nSPS) is 10.2. The first-order chi connectivity index (χ1) is 11.3. The summed E-state index contributed by atoms with van der Waals surface area (Å²) in [4.78, 5) is 23.8. The molecule has 126 valence electrons. The number of aryl methyl sites for hydroxylation is 2. The minimum absolute atomic E-state index is 0.258. The fraction of sp³-hybridized carbons (Fsp3) is 0.222. The molecule has 0 aliphatic rings. The number of methoxy groups -OCH3 is 1. The Hall–Kier alpha value is -2.53. The third-order valence-electron chi connectivity index (χ3n) is 3.49. The van der Waals surface area contributed by atoms with Crippen LogP contribution in [0.25, 0.3) is 0 Å². The quantitative estimate of drug-likeness (QED) is 0.872. The van der Waals surface area contributed by atoms with E-state index in [9.17, 15) is 9.59 Å². The zero-order chi connectivity index (χ0) is 17.9. The molecule has 2 aromatic rings. The summed E-state index contributed by atoms with van der Waals surface area (Å²) in [5.74, 6) is -0.269. The second-order valence-corrected chi connectivity index (χ2v) is 5.89. The maximum atomic E-state index is 12.6. The molecule has 0 saturated carbocycles. The van der Waals surface area contributed by atoms with Gasteiger partial charge in [0.25, 0.3) is 5.91 Å². The molecule has 0 bridgehead atoms. The molecular formula is C18H19ClN2O3. The van der Waals surface area contributed by atoms with Gasteiger partial charge in [0.15, 0.2) is 0 Å². The van der Waals surface area contributed by atoms with Gasteiger partial charge in [-0.3, -0.25) is 9.59 Å². The molecule has 0 aliphatic heterocycles. The van der Waals surface area contributed by atoms with E-state index in [1.54, 1.807) is 0 Å². The van der Waals surface area contributed by atoms with Gasteiger partial charge in [0, 0.05) is 18.7 Å².